The van der Waals surface area contributed by atoms with Crippen molar-refractivity contribution in [2.75, 3.05) is 30.7 Å². The van der Waals surface area contributed by atoms with Crippen molar-refractivity contribution in [3.63, 3.8) is 0 Å². The normalized spacial score (nSPS) is 18.7. The van der Waals surface area contributed by atoms with Gasteiger partial charge in [-0.25, -0.2) is 8.42 Å². The van der Waals surface area contributed by atoms with E-state index in [1.54, 1.807) is 12.1 Å². The Morgan fingerprint density at radius 3 is 2.44 bits per heavy atom. The lowest BCUT2D eigenvalue weighted by Crippen LogP contribution is -2.45. The molecule has 0 amide bonds. The van der Waals surface area contributed by atoms with E-state index in [0.717, 1.165) is 8.61 Å². The molecule has 0 atom stereocenters. The lowest BCUT2D eigenvalue weighted by atomic mass is 10.3. The van der Waals surface area contributed by atoms with Crippen LogP contribution in [0, 0.1) is 0 Å². The molecule has 6 nitrogen and oxygen atoms in total. The van der Waals surface area contributed by atoms with E-state index in [1.807, 2.05) is 0 Å². The van der Waals surface area contributed by atoms with Gasteiger partial charge >= 0.3 is 10.2 Å². The van der Waals surface area contributed by atoms with E-state index in [2.05, 4.69) is 0 Å². The Morgan fingerprint density at radius 1 is 1.22 bits per heavy atom. The quantitative estimate of drug-likeness (QED) is 0.773. The second kappa shape index (κ2) is 4.22. The van der Waals surface area contributed by atoms with Crippen LogP contribution >= 0.6 is 0 Å². The summed E-state index contributed by atoms with van der Waals surface area (Å²) >= 11 is 0. The topological polar surface area (TPSA) is 74.8 Å². The van der Waals surface area contributed by atoms with Crippen LogP contribution in [0.15, 0.2) is 29.2 Å². The first-order valence-electron chi connectivity index (χ1n) is 5.29. The average molecular weight is 290 g/mol. The first-order chi connectivity index (χ1) is 8.27. The molecule has 0 N–H and O–H groups in total. The number of nitrogens with zero attached hydrogens (tertiary/aromatic N) is 2. The Balaban J connectivity index is 2.64. The van der Waals surface area contributed by atoms with Crippen LogP contribution in [0.3, 0.4) is 0 Å². The summed E-state index contributed by atoms with van der Waals surface area (Å²) in [4.78, 5) is 0.0710. The monoisotopic (exact) mass is 290 g/mol. The van der Waals surface area contributed by atoms with Gasteiger partial charge in [0.15, 0.2) is 9.84 Å². The molecule has 8 heteroatoms. The van der Waals surface area contributed by atoms with Crippen LogP contribution in [-0.4, -0.2) is 47.5 Å². The number of sulfone groups is 1. The van der Waals surface area contributed by atoms with Crippen molar-refractivity contribution < 1.29 is 16.8 Å². The number of hydrogen-bond donors (Lipinski definition) is 0. The minimum Gasteiger partial charge on any atom is -0.255 e. The van der Waals surface area contributed by atoms with E-state index >= 15 is 0 Å². The molecule has 100 valence electrons. The van der Waals surface area contributed by atoms with Gasteiger partial charge in [0, 0.05) is 20.6 Å². The number of hydrogen-bond acceptors (Lipinski definition) is 4. The third kappa shape index (κ3) is 2.00. The van der Waals surface area contributed by atoms with Crippen molar-refractivity contribution in [2.24, 2.45) is 0 Å². The van der Waals surface area contributed by atoms with Crippen LogP contribution in [-0.2, 0) is 20.0 Å². The summed E-state index contributed by atoms with van der Waals surface area (Å²) in [5.74, 6) is -0.197. The highest BCUT2D eigenvalue weighted by Gasteiger charge is 2.35. The van der Waals surface area contributed by atoms with Gasteiger partial charge in [0.25, 0.3) is 0 Å². The molecule has 0 aliphatic carbocycles. The maximum Gasteiger partial charge on any atom is 0.303 e. The summed E-state index contributed by atoms with van der Waals surface area (Å²) in [6.45, 7) is -0.0557. The fraction of sp³-hybridized carbons (Fsp3) is 0.400. The van der Waals surface area contributed by atoms with Gasteiger partial charge in [-0.1, -0.05) is 12.1 Å². The van der Waals surface area contributed by atoms with Gasteiger partial charge in [-0.3, -0.25) is 4.31 Å². The summed E-state index contributed by atoms with van der Waals surface area (Å²) in [7, 11) is -4.21. The first-order valence-corrected chi connectivity index (χ1v) is 8.34. The molecule has 0 bridgehead atoms. The Hall–Kier alpha value is -1.12. The third-order valence-corrected chi connectivity index (χ3v) is 6.37. The highest BCUT2D eigenvalue weighted by Crippen LogP contribution is 2.32. The maximum absolute atomic E-state index is 12.1. The molecule has 1 aliphatic heterocycles. The zero-order valence-electron chi connectivity index (χ0n) is 10.1. The predicted octanol–water partition coefficient (Wildman–Crippen LogP) is 0.0867. The number of rotatable bonds is 2. The molecule has 0 saturated carbocycles. The van der Waals surface area contributed by atoms with E-state index in [1.165, 1.54) is 26.2 Å². The van der Waals surface area contributed by atoms with Crippen molar-refractivity contribution in [2.45, 2.75) is 4.90 Å². The van der Waals surface area contributed by atoms with Gasteiger partial charge in [0.1, 0.15) is 0 Å². The van der Waals surface area contributed by atoms with E-state index in [-0.39, 0.29) is 22.9 Å². The van der Waals surface area contributed by atoms with Crippen molar-refractivity contribution in [1.82, 2.24) is 4.31 Å². The zero-order valence-corrected chi connectivity index (χ0v) is 11.7. The first kappa shape index (κ1) is 13.3. The number of anilines is 1. The third-order valence-electron chi connectivity index (χ3n) is 2.77. The van der Waals surface area contributed by atoms with Crippen molar-refractivity contribution in [3.8, 4) is 0 Å². The molecule has 1 aromatic rings. The molecule has 0 aromatic heterocycles. The Kier molecular flexibility index (Phi) is 3.12. The molecule has 1 aromatic carbocycles. The molecule has 1 heterocycles. The second-order valence-corrected chi connectivity index (χ2v) is 8.29. The van der Waals surface area contributed by atoms with Crippen LogP contribution in [0.2, 0.25) is 0 Å². The lowest BCUT2D eigenvalue weighted by molar-refractivity contribution is 0.515. The molecule has 0 saturated heterocycles. The van der Waals surface area contributed by atoms with Gasteiger partial charge in [-0.05, 0) is 12.1 Å². The lowest BCUT2D eigenvalue weighted by Gasteiger charge is -2.31. The van der Waals surface area contributed by atoms with Gasteiger partial charge < -0.3 is 0 Å². The highest BCUT2D eigenvalue weighted by molar-refractivity contribution is 7.93. The molecule has 0 spiro atoms. The largest absolute Gasteiger partial charge is 0.303 e. The molecule has 1 aliphatic rings. The fourth-order valence-electron chi connectivity index (χ4n) is 1.80. The van der Waals surface area contributed by atoms with Crippen molar-refractivity contribution >= 4 is 25.7 Å². The summed E-state index contributed by atoms with van der Waals surface area (Å²) in [5.41, 5.74) is 0.220. The molecular weight excluding hydrogens is 276 g/mol. The Labute approximate surface area is 107 Å². The fourth-order valence-corrected chi connectivity index (χ4v) is 4.52. The summed E-state index contributed by atoms with van der Waals surface area (Å²) in [5, 5.41) is 0. The number of para-hydroxylation sites is 1. The molecule has 18 heavy (non-hydrogen) atoms. The Bertz CT molecular complexity index is 665. The molecule has 0 fully saturated rings. The smallest absolute Gasteiger partial charge is 0.255 e. The van der Waals surface area contributed by atoms with Crippen molar-refractivity contribution in [1.29, 1.82) is 0 Å². The van der Waals surface area contributed by atoms with Crippen molar-refractivity contribution in [3.05, 3.63) is 24.3 Å². The molecule has 0 radical (unpaired) electrons. The SMILES string of the molecule is CN(C)S(=O)(=O)N1CCS(=O)(=O)c2ccccc21. The standard InChI is InChI=1S/C10H14N2O4S2/c1-11(2)18(15,16)12-7-8-17(13,14)10-6-4-3-5-9(10)12/h3-6H,7-8H2,1-2H3. The molecule has 0 unspecified atom stereocenters. The van der Waals surface area contributed by atoms with E-state index < -0.39 is 20.0 Å². The van der Waals surface area contributed by atoms with Gasteiger partial charge in [0.2, 0.25) is 0 Å². The summed E-state index contributed by atoms with van der Waals surface area (Å²) in [6.07, 6.45) is 0. The average Bonchev–Trinajstić information content (AvgIpc) is 2.28. The highest BCUT2D eigenvalue weighted by atomic mass is 32.2. The minimum absolute atomic E-state index is 0.0557. The van der Waals surface area contributed by atoms with E-state index in [4.69, 9.17) is 0 Å². The van der Waals surface area contributed by atoms with E-state index in [9.17, 15) is 16.8 Å². The molecule has 2 rings (SSSR count). The van der Waals surface area contributed by atoms with Crippen LogP contribution in [0.25, 0.3) is 0 Å². The van der Waals surface area contributed by atoms with Crippen LogP contribution in [0.1, 0.15) is 0 Å². The number of benzene rings is 1. The summed E-state index contributed by atoms with van der Waals surface area (Å²) in [6, 6.07) is 6.15. The van der Waals surface area contributed by atoms with Gasteiger partial charge in [0.05, 0.1) is 16.3 Å². The van der Waals surface area contributed by atoms with Crippen LogP contribution in [0.5, 0.6) is 0 Å². The predicted molar refractivity (Wildman–Crippen MR) is 68.4 cm³/mol. The van der Waals surface area contributed by atoms with Crippen LogP contribution in [0.4, 0.5) is 5.69 Å². The summed E-state index contributed by atoms with van der Waals surface area (Å²) < 4.78 is 50.2. The minimum atomic E-state index is -3.66. The Morgan fingerprint density at radius 2 is 1.83 bits per heavy atom. The van der Waals surface area contributed by atoms with E-state index in [0.29, 0.717) is 0 Å². The maximum atomic E-state index is 12.1. The zero-order chi connectivity index (χ0) is 13.6. The van der Waals surface area contributed by atoms with Gasteiger partial charge in [-0.15, -0.1) is 0 Å². The number of fused-ring (bicyclic) bond motifs is 1. The second-order valence-electron chi connectivity index (χ2n) is 4.15. The van der Waals surface area contributed by atoms with Gasteiger partial charge in [-0.2, -0.15) is 12.7 Å². The van der Waals surface area contributed by atoms with Crippen LogP contribution < -0.4 is 4.31 Å². The molecular formula is C10H14N2O4S2.